The average molecular weight is 599 g/mol. The summed E-state index contributed by atoms with van der Waals surface area (Å²) in [5.41, 5.74) is 16.7. The summed E-state index contributed by atoms with van der Waals surface area (Å²) in [6.45, 7) is 0. The summed E-state index contributed by atoms with van der Waals surface area (Å²) in [6.07, 6.45) is 10.4. The third-order valence-corrected chi connectivity index (χ3v) is 10.9. The Bertz CT molecular complexity index is 2380. The molecule has 3 aliphatic carbocycles. The standard InChI is InChI=1S/C47H34/c1-3-15-30(16-4-1)32-19-7-8-20-34(32)44-35-21-9-11-23-37(35)45(38-24-12-10-22-36(38)44)41-28-14-27-40-43-29-42(43)39-26-13-25-33(46(39)47(40)41)31-17-5-2-6-18-31/h1-5,7-17,19-28,42-43H,6,18,29H2. The third-order valence-electron chi connectivity index (χ3n) is 10.9. The van der Waals surface area contributed by atoms with Gasteiger partial charge in [-0.05, 0) is 119 Å². The van der Waals surface area contributed by atoms with E-state index in [9.17, 15) is 0 Å². The second-order valence-corrected chi connectivity index (χ2v) is 13.4. The van der Waals surface area contributed by atoms with Crippen molar-refractivity contribution in [3.63, 3.8) is 0 Å². The minimum atomic E-state index is 0.613. The maximum absolute atomic E-state index is 2.42. The molecule has 47 heavy (non-hydrogen) atoms. The Kier molecular flexibility index (Phi) is 5.99. The molecule has 3 aliphatic rings. The first-order chi connectivity index (χ1) is 23.4. The van der Waals surface area contributed by atoms with Crippen LogP contribution in [0.3, 0.4) is 0 Å². The van der Waals surface area contributed by atoms with Crippen LogP contribution in [0.5, 0.6) is 0 Å². The number of hydrogen-bond acceptors (Lipinski definition) is 0. The van der Waals surface area contributed by atoms with Crippen molar-refractivity contribution in [2.24, 2.45) is 0 Å². The van der Waals surface area contributed by atoms with Gasteiger partial charge in [-0.3, -0.25) is 0 Å². The number of hydrogen-bond donors (Lipinski definition) is 0. The van der Waals surface area contributed by atoms with E-state index in [0.29, 0.717) is 11.8 Å². The van der Waals surface area contributed by atoms with Gasteiger partial charge in [0.15, 0.2) is 0 Å². The number of fused-ring (bicyclic) bond motifs is 8. The highest BCUT2D eigenvalue weighted by atomic mass is 14.5. The van der Waals surface area contributed by atoms with Crippen molar-refractivity contribution in [1.29, 1.82) is 0 Å². The van der Waals surface area contributed by atoms with Gasteiger partial charge in [0.25, 0.3) is 0 Å². The fraction of sp³-hybridized carbons (Fsp3) is 0.106. The molecule has 1 fully saturated rings. The van der Waals surface area contributed by atoms with Gasteiger partial charge in [-0.25, -0.2) is 0 Å². The Morgan fingerprint density at radius 2 is 0.915 bits per heavy atom. The summed E-state index contributed by atoms with van der Waals surface area (Å²) in [5.74, 6) is 1.25. The highest BCUT2D eigenvalue weighted by Gasteiger charge is 2.47. The minimum Gasteiger partial charge on any atom is -0.0842 e. The van der Waals surface area contributed by atoms with Crippen LogP contribution in [0.2, 0.25) is 0 Å². The fourth-order valence-electron chi connectivity index (χ4n) is 8.78. The molecule has 7 aromatic rings. The Morgan fingerprint density at radius 1 is 0.404 bits per heavy atom. The van der Waals surface area contributed by atoms with Crippen LogP contribution in [0.4, 0.5) is 0 Å². The lowest BCUT2D eigenvalue weighted by atomic mass is 9.75. The Hall–Kier alpha value is -5.46. The van der Waals surface area contributed by atoms with E-state index in [1.165, 1.54) is 89.2 Å². The number of allylic oxidation sites excluding steroid dienone is 4. The van der Waals surface area contributed by atoms with Gasteiger partial charge in [-0.2, -0.15) is 0 Å². The molecule has 7 aromatic carbocycles. The van der Waals surface area contributed by atoms with Crippen molar-refractivity contribution in [3.8, 4) is 44.5 Å². The van der Waals surface area contributed by atoms with E-state index in [-0.39, 0.29) is 0 Å². The molecule has 0 nitrogen and oxygen atoms in total. The predicted molar refractivity (Wildman–Crippen MR) is 200 cm³/mol. The molecule has 0 aliphatic heterocycles. The SMILES string of the molecule is C1=CCCC(c2cccc3c2-c2c(-c4c5ccccc5c(-c5ccccc5-c5ccccc5)c5ccccc45)cccc2C2CC32)=C1. The summed E-state index contributed by atoms with van der Waals surface area (Å²) in [7, 11) is 0. The van der Waals surface area contributed by atoms with Crippen molar-refractivity contribution < 1.29 is 0 Å². The van der Waals surface area contributed by atoms with E-state index < -0.39 is 0 Å². The zero-order valence-corrected chi connectivity index (χ0v) is 26.3. The Labute approximate surface area is 276 Å². The van der Waals surface area contributed by atoms with Crippen molar-refractivity contribution in [2.45, 2.75) is 31.1 Å². The topological polar surface area (TPSA) is 0 Å². The molecule has 0 bridgehead atoms. The van der Waals surface area contributed by atoms with Crippen LogP contribution in [-0.4, -0.2) is 0 Å². The summed E-state index contributed by atoms with van der Waals surface area (Å²) in [4.78, 5) is 0. The Balaban J connectivity index is 1.31. The van der Waals surface area contributed by atoms with Gasteiger partial charge in [0.1, 0.15) is 0 Å². The van der Waals surface area contributed by atoms with Gasteiger partial charge in [0, 0.05) is 0 Å². The van der Waals surface area contributed by atoms with Gasteiger partial charge in [-0.15, -0.1) is 0 Å². The average Bonchev–Trinajstić information content (AvgIpc) is 3.96. The number of rotatable bonds is 4. The molecule has 0 amide bonds. The highest BCUT2D eigenvalue weighted by molar-refractivity contribution is 6.23. The minimum absolute atomic E-state index is 0.613. The summed E-state index contributed by atoms with van der Waals surface area (Å²) in [5, 5.41) is 5.23. The predicted octanol–water partition coefficient (Wildman–Crippen LogP) is 13.0. The van der Waals surface area contributed by atoms with Gasteiger partial charge in [0.05, 0.1) is 0 Å². The maximum Gasteiger partial charge on any atom is -0.00200 e. The van der Waals surface area contributed by atoms with Crippen LogP contribution < -0.4 is 0 Å². The summed E-state index contributed by atoms with van der Waals surface area (Å²) >= 11 is 0. The maximum atomic E-state index is 2.42. The second-order valence-electron chi connectivity index (χ2n) is 13.4. The number of benzene rings is 7. The molecule has 0 spiro atoms. The molecule has 0 radical (unpaired) electrons. The largest absolute Gasteiger partial charge is 0.0842 e. The molecule has 222 valence electrons. The fourth-order valence-corrected chi connectivity index (χ4v) is 8.78. The van der Waals surface area contributed by atoms with Gasteiger partial charge >= 0.3 is 0 Å². The summed E-state index contributed by atoms with van der Waals surface area (Å²) in [6, 6.07) is 52.3. The Morgan fingerprint density at radius 3 is 1.53 bits per heavy atom. The normalized spacial score (nSPS) is 17.6. The van der Waals surface area contributed by atoms with Crippen molar-refractivity contribution >= 4 is 27.1 Å². The molecular weight excluding hydrogens is 565 g/mol. The zero-order chi connectivity index (χ0) is 30.9. The molecule has 0 aromatic heterocycles. The molecule has 0 saturated heterocycles. The van der Waals surface area contributed by atoms with Crippen LogP contribution in [0.25, 0.3) is 71.6 Å². The van der Waals surface area contributed by atoms with E-state index in [2.05, 4.69) is 158 Å². The van der Waals surface area contributed by atoms with E-state index in [1.54, 1.807) is 5.56 Å². The molecule has 0 N–H and O–H groups in total. The quantitative estimate of drug-likeness (QED) is 0.177. The molecule has 0 heterocycles. The lowest BCUT2D eigenvalue weighted by molar-refractivity contribution is 0.999. The van der Waals surface area contributed by atoms with Gasteiger partial charge < -0.3 is 0 Å². The molecule has 0 heteroatoms. The van der Waals surface area contributed by atoms with Gasteiger partial charge in [0.2, 0.25) is 0 Å². The molecular formula is C47H34. The lowest BCUT2D eigenvalue weighted by Gasteiger charge is -2.28. The van der Waals surface area contributed by atoms with Crippen molar-refractivity contribution in [2.75, 3.05) is 0 Å². The van der Waals surface area contributed by atoms with Crippen molar-refractivity contribution in [1.82, 2.24) is 0 Å². The van der Waals surface area contributed by atoms with Crippen LogP contribution in [0.1, 0.15) is 47.8 Å². The molecule has 2 atom stereocenters. The second kappa shape index (κ2) is 10.5. The highest BCUT2D eigenvalue weighted by Crippen LogP contribution is 2.65. The van der Waals surface area contributed by atoms with Crippen LogP contribution >= 0.6 is 0 Å². The first kappa shape index (κ1) is 26.7. The molecule has 1 saturated carbocycles. The molecule has 2 unspecified atom stereocenters. The van der Waals surface area contributed by atoms with Gasteiger partial charge in [-0.1, -0.05) is 158 Å². The van der Waals surface area contributed by atoms with E-state index >= 15 is 0 Å². The van der Waals surface area contributed by atoms with Crippen LogP contribution in [-0.2, 0) is 0 Å². The first-order valence-electron chi connectivity index (χ1n) is 17.1. The summed E-state index contributed by atoms with van der Waals surface area (Å²) < 4.78 is 0. The monoisotopic (exact) mass is 598 g/mol. The van der Waals surface area contributed by atoms with E-state index in [0.717, 1.165) is 12.8 Å². The smallest absolute Gasteiger partial charge is 0.00200 e. The first-order valence-corrected chi connectivity index (χ1v) is 17.1. The molecule has 10 rings (SSSR count). The van der Waals surface area contributed by atoms with Crippen LogP contribution in [0, 0.1) is 0 Å². The third kappa shape index (κ3) is 4.08. The lowest BCUT2D eigenvalue weighted by Crippen LogP contribution is -2.05. The van der Waals surface area contributed by atoms with E-state index in [1.807, 2.05) is 0 Å². The van der Waals surface area contributed by atoms with Crippen LogP contribution in [0.15, 0.2) is 158 Å². The zero-order valence-electron chi connectivity index (χ0n) is 26.3. The van der Waals surface area contributed by atoms with E-state index in [4.69, 9.17) is 0 Å². The van der Waals surface area contributed by atoms with Crippen molar-refractivity contribution in [3.05, 3.63) is 174 Å².